The second kappa shape index (κ2) is 6.29. The van der Waals surface area contributed by atoms with E-state index in [-0.39, 0.29) is 6.61 Å². The van der Waals surface area contributed by atoms with Crippen molar-refractivity contribution in [3.63, 3.8) is 0 Å². The maximum Gasteiger partial charge on any atom is 0.245 e. The molecule has 0 saturated heterocycles. The fourth-order valence-corrected chi connectivity index (χ4v) is 1.85. The van der Waals surface area contributed by atoms with Gasteiger partial charge in [-0.25, -0.2) is 8.42 Å². The lowest BCUT2D eigenvalue weighted by molar-refractivity contribution is -0.117. The highest BCUT2D eigenvalue weighted by Crippen LogP contribution is 2.21. The van der Waals surface area contributed by atoms with E-state index in [2.05, 4.69) is 17.2 Å². The van der Waals surface area contributed by atoms with Gasteiger partial charge in [0.2, 0.25) is 5.91 Å². The van der Waals surface area contributed by atoms with Gasteiger partial charge in [0.15, 0.2) is 9.84 Å². The zero-order valence-corrected chi connectivity index (χ0v) is 13.3. The zero-order valence-electron chi connectivity index (χ0n) is 12.5. The third-order valence-electron chi connectivity index (χ3n) is 3.26. The van der Waals surface area contributed by atoms with Crippen molar-refractivity contribution in [3.8, 4) is 11.8 Å². The molecule has 114 valence electrons. The number of aliphatic hydroxyl groups excluding tert-OH is 1. The number of hydrogen-bond donors (Lipinski definition) is 2. The number of anilines is 1. The minimum absolute atomic E-state index is 0.222. The average Bonchev–Trinajstić information content (AvgIpc) is 2.37. The molecule has 1 rings (SSSR count). The molecular weight excluding hydrogens is 290 g/mol. The highest BCUT2D eigenvalue weighted by Gasteiger charge is 2.38. The van der Waals surface area contributed by atoms with Gasteiger partial charge in [-0.15, -0.1) is 0 Å². The van der Waals surface area contributed by atoms with E-state index in [9.17, 15) is 13.2 Å². The number of benzene rings is 1. The quantitative estimate of drug-likeness (QED) is 0.819. The van der Waals surface area contributed by atoms with Crippen molar-refractivity contribution < 1.29 is 18.3 Å². The van der Waals surface area contributed by atoms with Crippen LogP contribution < -0.4 is 5.32 Å². The molecule has 1 aromatic rings. The van der Waals surface area contributed by atoms with Crippen molar-refractivity contribution in [3.05, 3.63) is 29.3 Å². The number of carbonyl (C=O) groups is 1. The van der Waals surface area contributed by atoms with Crippen LogP contribution in [0.5, 0.6) is 0 Å². The number of carbonyl (C=O) groups excluding carboxylic acids is 1. The van der Waals surface area contributed by atoms with Crippen LogP contribution in [0.3, 0.4) is 0 Å². The van der Waals surface area contributed by atoms with E-state index in [1.807, 2.05) is 0 Å². The molecule has 5 nitrogen and oxygen atoms in total. The van der Waals surface area contributed by atoms with Crippen LogP contribution in [-0.4, -0.2) is 37.0 Å². The SMILES string of the molecule is Cc1cc(C#CCO)ccc1NC(=O)C(C)(C)S(C)(=O)=O. The summed E-state index contributed by atoms with van der Waals surface area (Å²) in [6.07, 6.45) is 1.03. The largest absolute Gasteiger partial charge is 0.384 e. The molecule has 1 amide bonds. The normalized spacial score (nSPS) is 11.5. The molecule has 0 saturated carbocycles. The maximum absolute atomic E-state index is 12.1. The third-order valence-corrected chi connectivity index (χ3v) is 5.30. The number of amides is 1. The molecule has 0 radical (unpaired) electrons. The summed E-state index contributed by atoms with van der Waals surface area (Å²) in [7, 11) is -3.52. The van der Waals surface area contributed by atoms with Gasteiger partial charge in [-0.1, -0.05) is 11.8 Å². The van der Waals surface area contributed by atoms with Crippen molar-refractivity contribution in [1.29, 1.82) is 0 Å². The first-order chi connectivity index (χ1) is 9.59. The smallest absolute Gasteiger partial charge is 0.245 e. The lowest BCUT2D eigenvalue weighted by Crippen LogP contribution is -2.43. The molecule has 0 unspecified atom stereocenters. The Morgan fingerprint density at radius 3 is 2.48 bits per heavy atom. The van der Waals surface area contributed by atoms with E-state index in [4.69, 9.17) is 5.11 Å². The molecule has 0 aliphatic carbocycles. The Bertz CT molecular complexity index is 709. The second-order valence-corrected chi connectivity index (χ2v) is 7.79. The first-order valence-electron chi connectivity index (χ1n) is 6.31. The van der Waals surface area contributed by atoms with Crippen LogP contribution in [0.15, 0.2) is 18.2 Å². The van der Waals surface area contributed by atoms with Crippen LogP contribution in [0.4, 0.5) is 5.69 Å². The van der Waals surface area contributed by atoms with Gasteiger partial charge in [-0.05, 0) is 44.5 Å². The van der Waals surface area contributed by atoms with Crippen molar-refractivity contribution in [2.24, 2.45) is 0 Å². The van der Waals surface area contributed by atoms with E-state index >= 15 is 0 Å². The van der Waals surface area contributed by atoms with Crippen molar-refractivity contribution in [1.82, 2.24) is 0 Å². The molecule has 0 atom stereocenters. The Hall–Kier alpha value is -1.84. The Morgan fingerprint density at radius 1 is 1.38 bits per heavy atom. The first-order valence-corrected chi connectivity index (χ1v) is 8.20. The molecule has 21 heavy (non-hydrogen) atoms. The van der Waals surface area contributed by atoms with Crippen molar-refractivity contribution >= 4 is 21.4 Å². The Labute approximate surface area is 125 Å². The molecule has 1 aromatic carbocycles. The van der Waals surface area contributed by atoms with E-state index in [0.717, 1.165) is 11.8 Å². The Morgan fingerprint density at radius 2 is 2.00 bits per heavy atom. The number of aliphatic hydroxyl groups is 1. The van der Waals surface area contributed by atoms with Crippen LogP contribution in [0.1, 0.15) is 25.0 Å². The highest BCUT2D eigenvalue weighted by atomic mass is 32.2. The zero-order chi connectivity index (χ0) is 16.3. The summed E-state index contributed by atoms with van der Waals surface area (Å²) in [6, 6.07) is 5.11. The number of aryl methyl sites for hydroxylation is 1. The molecule has 0 bridgehead atoms. The van der Waals surface area contributed by atoms with Gasteiger partial charge in [0.25, 0.3) is 0 Å². The minimum Gasteiger partial charge on any atom is -0.384 e. The predicted octanol–water partition coefficient (Wildman–Crippen LogP) is 1.10. The Kier molecular flexibility index (Phi) is 5.15. The van der Waals surface area contributed by atoms with Gasteiger partial charge >= 0.3 is 0 Å². The fourth-order valence-electron chi connectivity index (χ4n) is 1.46. The Balaban J connectivity index is 3.02. The molecule has 0 aliphatic rings. The van der Waals surface area contributed by atoms with Crippen LogP contribution in [0, 0.1) is 18.8 Å². The van der Waals surface area contributed by atoms with E-state index in [0.29, 0.717) is 11.3 Å². The molecular formula is C15H19NO4S. The van der Waals surface area contributed by atoms with Crippen molar-refractivity contribution in [2.45, 2.75) is 25.5 Å². The number of sulfone groups is 1. The molecule has 2 N–H and O–H groups in total. The summed E-state index contributed by atoms with van der Waals surface area (Å²) < 4.78 is 21.8. The van der Waals surface area contributed by atoms with Crippen LogP contribution in [0.2, 0.25) is 0 Å². The molecule has 0 aromatic heterocycles. The summed E-state index contributed by atoms with van der Waals surface area (Å²) in [5.41, 5.74) is 2.01. The molecule has 0 spiro atoms. The number of nitrogens with one attached hydrogen (secondary N) is 1. The summed E-state index contributed by atoms with van der Waals surface area (Å²) in [5, 5.41) is 11.3. The van der Waals surface area contributed by atoms with Crippen LogP contribution in [0.25, 0.3) is 0 Å². The minimum atomic E-state index is -3.52. The fraction of sp³-hybridized carbons (Fsp3) is 0.400. The van der Waals surface area contributed by atoms with E-state index in [1.54, 1.807) is 25.1 Å². The monoisotopic (exact) mass is 309 g/mol. The second-order valence-electron chi connectivity index (χ2n) is 5.23. The number of hydrogen-bond acceptors (Lipinski definition) is 4. The first kappa shape index (κ1) is 17.2. The van der Waals surface area contributed by atoms with Crippen molar-refractivity contribution in [2.75, 3.05) is 18.2 Å². The predicted molar refractivity (Wildman–Crippen MR) is 82.7 cm³/mol. The van der Waals surface area contributed by atoms with Gasteiger partial charge in [-0.3, -0.25) is 4.79 Å². The molecule has 0 fully saturated rings. The summed E-state index contributed by atoms with van der Waals surface area (Å²) in [6.45, 7) is 4.30. The van der Waals surface area contributed by atoms with E-state index < -0.39 is 20.5 Å². The topological polar surface area (TPSA) is 83.5 Å². The summed E-state index contributed by atoms with van der Waals surface area (Å²) >= 11 is 0. The van der Waals surface area contributed by atoms with Gasteiger partial charge in [0.05, 0.1) is 0 Å². The van der Waals surface area contributed by atoms with Gasteiger partial charge in [0.1, 0.15) is 11.4 Å². The number of rotatable bonds is 3. The average molecular weight is 309 g/mol. The summed E-state index contributed by atoms with van der Waals surface area (Å²) in [5.74, 6) is 4.72. The standard InChI is InChI=1S/C15H19NO4S/c1-11-10-12(6-5-9-17)7-8-13(11)16-14(18)15(2,3)21(4,19)20/h7-8,10,17H,9H2,1-4H3,(H,16,18). The van der Waals surface area contributed by atoms with Gasteiger partial charge in [-0.2, -0.15) is 0 Å². The van der Waals surface area contributed by atoms with E-state index in [1.165, 1.54) is 13.8 Å². The molecule has 0 heterocycles. The maximum atomic E-state index is 12.1. The van der Waals surface area contributed by atoms with Crippen LogP contribution in [-0.2, 0) is 14.6 Å². The van der Waals surface area contributed by atoms with Crippen LogP contribution >= 0.6 is 0 Å². The lowest BCUT2D eigenvalue weighted by Gasteiger charge is -2.22. The van der Waals surface area contributed by atoms with Gasteiger partial charge < -0.3 is 10.4 Å². The molecule has 0 aliphatic heterocycles. The lowest BCUT2D eigenvalue weighted by atomic mass is 10.1. The highest BCUT2D eigenvalue weighted by molar-refractivity contribution is 7.92. The summed E-state index contributed by atoms with van der Waals surface area (Å²) in [4.78, 5) is 12.1. The van der Waals surface area contributed by atoms with Gasteiger partial charge in [0, 0.05) is 17.5 Å². The molecule has 6 heteroatoms. The third kappa shape index (κ3) is 4.06.